The van der Waals surface area contributed by atoms with Crippen LogP contribution in [-0.2, 0) is 23.9 Å². The van der Waals surface area contributed by atoms with E-state index in [4.69, 9.17) is 0 Å². The van der Waals surface area contributed by atoms with Gasteiger partial charge in [0.25, 0.3) is 0 Å². The summed E-state index contributed by atoms with van der Waals surface area (Å²) in [5, 5.41) is 0. The first-order valence-corrected chi connectivity index (χ1v) is 3.28. The number of hydrogen-bond donors (Lipinski definition) is 0. The summed E-state index contributed by atoms with van der Waals surface area (Å²) >= 11 is 0. The highest BCUT2D eigenvalue weighted by molar-refractivity contribution is 5.73. The fourth-order valence-electron chi connectivity index (χ4n) is 0.271. The van der Waals surface area contributed by atoms with Gasteiger partial charge in [-0.05, 0) is 6.92 Å². The van der Waals surface area contributed by atoms with Gasteiger partial charge in [0, 0.05) is 13.8 Å². The Kier molecular flexibility index (Phi) is 10.6. The Morgan fingerprint density at radius 1 is 1.25 bits per heavy atom. The maximum atomic E-state index is 9.82. The molecule has 0 aliphatic heterocycles. The van der Waals surface area contributed by atoms with E-state index in [1.54, 1.807) is 6.92 Å². The summed E-state index contributed by atoms with van der Waals surface area (Å²) in [6, 6.07) is 0. The third-order valence-corrected chi connectivity index (χ3v) is 0.562. The molecule has 0 spiro atoms. The van der Waals surface area contributed by atoms with Gasteiger partial charge >= 0.3 is 18.4 Å². The zero-order valence-electron chi connectivity index (χ0n) is 7.33. The van der Waals surface area contributed by atoms with E-state index in [1.165, 1.54) is 6.92 Å². The van der Waals surface area contributed by atoms with Gasteiger partial charge in [-0.25, -0.2) is 0 Å². The van der Waals surface area contributed by atoms with E-state index in [-0.39, 0.29) is 12.4 Å². The minimum absolute atomic E-state index is 0.0995. The summed E-state index contributed by atoms with van der Waals surface area (Å²) in [5.74, 6) is -0.789. The summed E-state index contributed by atoms with van der Waals surface area (Å²) in [7, 11) is 0. The highest BCUT2D eigenvalue weighted by Gasteiger charge is 1.82. The van der Waals surface area contributed by atoms with Gasteiger partial charge in [0.15, 0.2) is 0 Å². The molecule has 0 saturated heterocycles. The van der Waals surface area contributed by atoms with E-state index in [1.807, 2.05) is 0 Å². The molecule has 0 aromatic carbocycles. The monoisotopic (exact) mass is 176 g/mol. The minimum atomic E-state index is -0.579. The first kappa shape index (κ1) is 13.2. The molecule has 0 atom stereocenters. The highest BCUT2D eigenvalue weighted by Crippen LogP contribution is 1.69. The Hall–Kier alpha value is -1.39. The Labute approximate surface area is 70.6 Å². The molecule has 0 bridgehead atoms. The van der Waals surface area contributed by atoms with E-state index in [0.717, 1.165) is 6.92 Å². The van der Waals surface area contributed by atoms with Gasteiger partial charge in [0.2, 0.25) is 0 Å². The van der Waals surface area contributed by atoms with Gasteiger partial charge in [-0.2, -0.15) is 0 Å². The van der Waals surface area contributed by atoms with E-state index >= 15 is 0 Å². The van der Waals surface area contributed by atoms with E-state index in [9.17, 15) is 14.4 Å². The van der Waals surface area contributed by atoms with Crippen molar-refractivity contribution in [3.8, 4) is 0 Å². The molecule has 5 nitrogen and oxygen atoms in total. The zero-order valence-corrected chi connectivity index (χ0v) is 7.33. The molecule has 0 aromatic rings. The average molecular weight is 176 g/mol. The molecular weight excluding hydrogens is 164 g/mol. The zero-order chi connectivity index (χ0) is 9.98. The van der Waals surface area contributed by atoms with Crippen LogP contribution in [0, 0.1) is 0 Å². The first-order valence-electron chi connectivity index (χ1n) is 3.28. The number of carbonyl (C=O) groups excluding carboxylic acids is 3. The molecule has 5 heteroatoms. The van der Waals surface area contributed by atoms with Gasteiger partial charge in [-0.3, -0.25) is 14.4 Å². The predicted molar refractivity (Wildman–Crippen MR) is 40.1 cm³/mol. The summed E-state index contributed by atoms with van der Waals surface area (Å²) in [6.45, 7) is 4.91. The van der Waals surface area contributed by atoms with E-state index in [2.05, 4.69) is 9.47 Å². The van der Waals surface area contributed by atoms with Crippen molar-refractivity contribution in [3.63, 3.8) is 0 Å². The summed E-state index contributed by atoms with van der Waals surface area (Å²) < 4.78 is 8.12. The van der Waals surface area contributed by atoms with Crippen LogP contribution in [0.15, 0.2) is 0 Å². The molecule has 0 unspecified atom stereocenters. The van der Waals surface area contributed by atoms with E-state index in [0.29, 0.717) is 6.61 Å². The van der Waals surface area contributed by atoms with Crippen molar-refractivity contribution >= 4 is 18.4 Å². The Morgan fingerprint density at radius 3 is 1.75 bits per heavy atom. The molecule has 0 amide bonds. The number of ether oxygens (including phenoxy) is 2. The normalized spacial score (nSPS) is 7.25. The predicted octanol–water partition coefficient (Wildman–Crippen LogP) is 0.275. The minimum Gasteiger partial charge on any atom is -0.466 e. The molecule has 70 valence electrons. The molecule has 0 saturated carbocycles. The van der Waals surface area contributed by atoms with Crippen LogP contribution in [0.2, 0.25) is 0 Å². The van der Waals surface area contributed by atoms with Crippen LogP contribution in [0.25, 0.3) is 0 Å². The molecule has 0 rings (SSSR count). The lowest BCUT2D eigenvalue weighted by molar-refractivity contribution is -0.149. The number of rotatable bonds is 2. The molecule has 0 radical (unpaired) electrons. The summed E-state index contributed by atoms with van der Waals surface area (Å²) in [4.78, 5) is 28.6. The van der Waals surface area contributed by atoms with Crippen LogP contribution in [0.3, 0.4) is 0 Å². The fraction of sp³-hybridized carbons (Fsp3) is 0.571. The highest BCUT2D eigenvalue weighted by atomic mass is 16.6. The second kappa shape index (κ2) is 9.61. The quantitative estimate of drug-likeness (QED) is 0.343. The second-order valence-electron chi connectivity index (χ2n) is 1.63. The standard InChI is InChI=1S/C4H8O2.C3H4O3/c1-3-6-4(2)5;1-3(5)6-2-4/h3H2,1-2H3;2H,1H3. The van der Waals surface area contributed by atoms with Gasteiger partial charge in [-0.1, -0.05) is 0 Å². The molecular formula is C7H12O5. The van der Waals surface area contributed by atoms with Crippen molar-refractivity contribution in [1.82, 2.24) is 0 Å². The van der Waals surface area contributed by atoms with Crippen molar-refractivity contribution in [3.05, 3.63) is 0 Å². The van der Waals surface area contributed by atoms with Crippen LogP contribution < -0.4 is 0 Å². The number of carbonyl (C=O) groups is 3. The van der Waals surface area contributed by atoms with Gasteiger partial charge in [0.1, 0.15) is 0 Å². The molecule has 0 heterocycles. The van der Waals surface area contributed by atoms with Crippen molar-refractivity contribution in [1.29, 1.82) is 0 Å². The van der Waals surface area contributed by atoms with Crippen LogP contribution in [-0.4, -0.2) is 25.0 Å². The second-order valence-corrected chi connectivity index (χ2v) is 1.63. The topological polar surface area (TPSA) is 69.7 Å². The third kappa shape index (κ3) is 23.5. The van der Waals surface area contributed by atoms with Gasteiger partial charge < -0.3 is 9.47 Å². The molecule has 0 aromatic heterocycles. The van der Waals surface area contributed by atoms with Crippen molar-refractivity contribution in [2.45, 2.75) is 20.8 Å². The lowest BCUT2D eigenvalue weighted by Gasteiger charge is -1.89. The smallest absolute Gasteiger partial charge is 0.310 e. The third-order valence-electron chi connectivity index (χ3n) is 0.562. The van der Waals surface area contributed by atoms with Crippen molar-refractivity contribution in [2.24, 2.45) is 0 Å². The van der Waals surface area contributed by atoms with Crippen molar-refractivity contribution in [2.75, 3.05) is 6.61 Å². The molecule has 0 N–H and O–H groups in total. The summed E-state index contributed by atoms with van der Waals surface area (Å²) in [5.41, 5.74) is 0. The van der Waals surface area contributed by atoms with Crippen LogP contribution in [0.5, 0.6) is 0 Å². The Balaban J connectivity index is 0. The molecule has 0 aliphatic rings. The SMILES string of the molecule is CC(=O)OC=O.CCOC(C)=O. The van der Waals surface area contributed by atoms with Gasteiger partial charge in [0.05, 0.1) is 6.61 Å². The molecule has 0 aliphatic carbocycles. The largest absolute Gasteiger partial charge is 0.466 e. The first-order chi connectivity index (χ1) is 5.54. The lowest BCUT2D eigenvalue weighted by atomic mass is 10.8. The average Bonchev–Trinajstić information content (AvgIpc) is 1.87. The maximum Gasteiger partial charge on any atom is 0.310 e. The van der Waals surface area contributed by atoms with E-state index < -0.39 is 5.97 Å². The molecule has 12 heavy (non-hydrogen) atoms. The number of esters is 2. The maximum absolute atomic E-state index is 9.82. The Morgan fingerprint density at radius 2 is 1.75 bits per heavy atom. The van der Waals surface area contributed by atoms with Crippen LogP contribution in [0.4, 0.5) is 0 Å². The van der Waals surface area contributed by atoms with Crippen LogP contribution >= 0.6 is 0 Å². The molecule has 0 fully saturated rings. The van der Waals surface area contributed by atoms with Crippen molar-refractivity contribution < 1.29 is 23.9 Å². The summed E-state index contributed by atoms with van der Waals surface area (Å²) in [6.07, 6.45) is 0. The fourth-order valence-corrected chi connectivity index (χ4v) is 0.271. The Bertz CT molecular complexity index is 152. The van der Waals surface area contributed by atoms with Crippen LogP contribution in [0.1, 0.15) is 20.8 Å². The van der Waals surface area contributed by atoms with Gasteiger partial charge in [-0.15, -0.1) is 0 Å². The number of hydrogen-bond acceptors (Lipinski definition) is 5. The lowest BCUT2D eigenvalue weighted by Crippen LogP contribution is -1.95.